The summed E-state index contributed by atoms with van der Waals surface area (Å²) in [5.41, 5.74) is 3.84. The van der Waals surface area contributed by atoms with Gasteiger partial charge in [0.15, 0.2) is 0 Å². The second-order valence-corrected chi connectivity index (χ2v) is 7.40. The lowest BCUT2D eigenvalue weighted by Crippen LogP contribution is -2.09. The highest BCUT2D eigenvalue weighted by molar-refractivity contribution is 7.92. The fourth-order valence-corrected chi connectivity index (χ4v) is 3.12. The second-order valence-electron chi connectivity index (χ2n) is 5.65. The third-order valence-electron chi connectivity index (χ3n) is 3.72. The molecule has 0 unspecified atom stereocenters. The third-order valence-corrected chi connectivity index (χ3v) is 4.33. The fourth-order valence-electron chi connectivity index (χ4n) is 2.57. The highest BCUT2D eigenvalue weighted by Gasteiger charge is 2.10. The van der Waals surface area contributed by atoms with Gasteiger partial charge in [-0.15, -0.1) is 0 Å². The van der Waals surface area contributed by atoms with E-state index in [9.17, 15) is 8.42 Å². The molecule has 0 atom stereocenters. The highest BCUT2D eigenvalue weighted by Crippen LogP contribution is 2.21. The van der Waals surface area contributed by atoms with Crippen molar-refractivity contribution in [2.45, 2.75) is 6.42 Å². The molecule has 6 nitrogen and oxygen atoms in total. The van der Waals surface area contributed by atoms with Gasteiger partial charge in [-0.2, -0.15) is 5.26 Å². The molecule has 0 saturated heterocycles. The summed E-state index contributed by atoms with van der Waals surface area (Å²) in [6.45, 7) is 0. The van der Waals surface area contributed by atoms with Crippen molar-refractivity contribution in [3.05, 3.63) is 59.4 Å². The molecule has 1 aromatic heterocycles. The van der Waals surface area contributed by atoms with Gasteiger partial charge in [-0.05, 0) is 35.9 Å². The molecule has 0 aliphatic rings. The summed E-state index contributed by atoms with van der Waals surface area (Å²) in [6.07, 6.45) is 1.75. The molecule has 0 aliphatic heterocycles. The zero-order valence-corrected chi connectivity index (χ0v) is 14.1. The van der Waals surface area contributed by atoms with Gasteiger partial charge >= 0.3 is 0 Å². The quantitative estimate of drug-likeness (QED) is 0.790. The smallest absolute Gasteiger partial charge is 0.229 e. The first-order valence-electron chi connectivity index (χ1n) is 7.28. The summed E-state index contributed by atoms with van der Waals surface area (Å²) in [7, 11) is -1.39. The Balaban J connectivity index is 1.93. The van der Waals surface area contributed by atoms with Crippen LogP contribution in [0.4, 0.5) is 5.69 Å². The van der Waals surface area contributed by atoms with Crippen LogP contribution in [0.15, 0.2) is 42.5 Å². The number of nitrogens with zero attached hydrogens (tertiary/aromatic N) is 3. The Kier molecular flexibility index (Phi) is 3.99. The molecular formula is C17H16N4O2S. The van der Waals surface area contributed by atoms with E-state index in [1.807, 2.05) is 29.8 Å². The van der Waals surface area contributed by atoms with Crippen LogP contribution in [0, 0.1) is 11.3 Å². The monoisotopic (exact) mass is 340 g/mol. The Morgan fingerprint density at radius 3 is 2.54 bits per heavy atom. The maximum atomic E-state index is 11.3. The second kappa shape index (κ2) is 5.98. The number of benzene rings is 2. The Morgan fingerprint density at radius 1 is 1.21 bits per heavy atom. The molecule has 0 fully saturated rings. The zero-order valence-electron chi connectivity index (χ0n) is 13.3. The van der Waals surface area contributed by atoms with Crippen molar-refractivity contribution in [1.29, 1.82) is 5.26 Å². The van der Waals surface area contributed by atoms with E-state index in [1.54, 1.807) is 24.3 Å². The summed E-state index contributed by atoms with van der Waals surface area (Å²) in [5.74, 6) is 0.867. The molecule has 24 heavy (non-hydrogen) atoms. The van der Waals surface area contributed by atoms with E-state index in [0.717, 1.165) is 28.7 Å². The summed E-state index contributed by atoms with van der Waals surface area (Å²) in [6, 6.07) is 14.8. The van der Waals surface area contributed by atoms with Gasteiger partial charge in [0.1, 0.15) is 5.82 Å². The van der Waals surface area contributed by atoms with Crippen LogP contribution in [0.5, 0.6) is 0 Å². The Bertz CT molecular complexity index is 1040. The van der Waals surface area contributed by atoms with Gasteiger partial charge in [-0.3, -0.25) is 4.72 Å². The number of nitriles is 1. The van der Waals surface area contributed by atoms with Crippen LogP contribution in [0.2, 0.25) is 0 Å². The minimum absolute atomic E-state index is 0.494. The molecule has 0 radical (unpaired) electrons. The number of nitrogens with one attached hydrogen (secondary N) is 1. The summed E-state index contributed by atoms with van der Waals surface area (Å²) < 4.78 is 27.1. The average Bonchev–Trinajstić information content (AvgIpc) is 2.82. The molecule has 122 valence electrons. The van der Waals surface area contributed by atoms with Gasteiger partial charge in [0.2, 0.25) is 10.0 Å². The normalized spacial score (nSPS) is 11.4. The van der Waals surface area contributed by atoms with E-state index in [2.05, 4.69) is 15.8 Å². The van der Waals surface area contributed by atoms with Crippen molar-refractivity contribution in [3.8, 4) is 6.07 Å². The van der Waals surface area contributed by atoms with E-state index >= 15 is 0 Å². The third kappa shape index (κ3) is 3.39. The first-order chi connectivity index (χ1) is 11.4. The van der Waals surface area contributed by atoms with E-state index in [1.165, 1.54) is 0 Å². The number of hydrogen-bond acceptors (Lipinski definition) is 4. The predicted octanol–water partition coefficient (Wildman–Crippen LogP) is 2.41. The molecule has 1 N–H and O–H groups in total. The summed E-state index contributed by atoms with van der Waals surface area (Å²) in [5, 5.41) is 8.85. The molecule has 0 aliphatic carbocycles. The highest BCUT2D eigenvalue weighted by atomic mass is 32.2. The van der Waals surface area contributed by atoms with Gasteiger partial charge in [0.05, 0.1) is 34.6 Å². The van der Waals surface area contributed by atoms with Crippen LogP contribution in [-0.2, 0) is 23.5 Å². The van der Waals surface area contributed by atoms with Crippen LogP contribution in [0.3, 0.4) is 0 Å². The molecule has 0 amide bonds. The maximum Gasteiger partial charge on any atom is 0.229 e. The van der Waals surface area contributed by atoms with E-state index < -0.39 is 10.0 Å². The SMILES string of the molecule is Cn1c(Cc2ccc(C#N)cc2)nc2cc(NS(C)(=O)=O)ccc21. The number of aromatic nitrogens is 2. The molecule has 3 rings (SSSR count). The number of rotatable bonds is 4. The van der Waals surface area contributed by atoms with Gasteiger partial charge in [-0.25, -0.2) is 13.4 Å². The standard InChI is InChI=1S/C17H16N4O2S/c1-21-16-8-7-14(20-24(2,22)23)10-15(16)19-17(21)9-12-3-5-13(11-18)6-4-12/h3-8,10,20H,9H2,1-2H3. The minimum Gasteiger partial charge on any atom is -0.331 e. The van der Waals surface area contributed by atoms with Crippen LogP contribution in [0.1, 0.15) is 17.0 Å². The van der Waals surface area contributed by atoms with Crippen molar-refractivity contribution in [2.75, 3.05) is 11.0 Å². The Labute approximate surface area is 140 Å². The number of anilines is 1. The van der Waals surface area contributed by atoms with E-state index in [4.69, 9.17) is 5.26 Å². The van der Waals surface area contributed by atoms with Crippen molar-refractivity contribution in [3.63, 3.8) is 0 Å². The number of aryl methyl sites for hydroxylation is 1. The van der Waals surface area contributed by atoms with Gasteiger partial charge < -0.3 is 4.57 Å². The van der Waals surface area contributed by atoms with E-state index in [0.29, 0.717) is 17.7 Å². The number of sulfonamides is 1. The lowest BCUT2D eigenvalue weighted by molar-refractivity contribution is 0.607. The van der Waals surface area contributed by atoms with Crippen molar-refractivity contribution in [2.24, 2.45) is 7.05 Å². The van der Waals surface area contributed by atoms with E-state index in [-0.39, 0.29) is 0 Å². The number of fused-ring (bicyclic) bond motifs is 1. The van der Waals surface area contributed by atoms with Gasteiger partial charge in [0, 0.05) is 13.5 Å². The summed E-state index contributed by atoms with van der Waals surface area (Å²) >= 11 is 0. The van der Waals surface area contributed by atoms with Crippen molar-refractivity contribution >= 4 is 26.7 Å². The zero-order chi connectivity index (χ0) is 17.3. The molecule has 0 bridgehead atoms. The van der Waals surface area contributed by atoms with Crippen LogP contribution >= 0.6 is 0 Å². The molecular weight excluding hydrogens is 324 g/mol. The predicted molar refractivity (Wildman–Crippen MR) is 93.1 cm³/mol. The van der Waals surface area contributed by atoms with Crippen molar-refractivity contribution < 1.29 is 8.42 Å². The maximum absolute atomic E-state index is 11.3. The molecule has 3 aromatic rings. The summed E-state index contributed by atoms with van der Waals surface area (Å²) in [4.78, 5) is 4.60. The van der Waals surface area contributed by atoms with Crippen LogP contribution in [0.25, 0.3) is 11.0 Å². The Morgan fingerprint density at radius 2 is 1.92 bits per heavy atom. The molecule has 0 spiro atoms. The largest absolute Gasteiger partial charge is 0.331 e. The lowest BCUT2D eigenvalue weighted by atomic mass is 10.1. The fraction of sp³-hybridized carbons (Fsp3) is 0.176. The molecule has 1 heterocycles. The van der Waals surface area contributed by atoms with Crippen molar-refractivity contribution in [1.82, 2.24) is 9.55 Å². The van der Waals surface area contributed by atoms with Crippen LogP contribution in [-0.4, -0.2) is 24.2 Å². The minimum atomic E-state index is -3.32. The first-order valence-corrected chi connectivity index (χ1v) is 9.17. The molecule has 7 heteroatoms. The molecule has 2 aromatic carbocycles. The van der Waals surface area contributed by atoms with Crippen LogP contribution < -0.4 is 4.72 Å². The first kappa shape index (κ1) is 16.0. The Hall–Kier alpha value is -2.85. The number of imidazole rings is 1. The lowest BCUT2D eigenvalue weighted by Gasteiger charge is -2.04. The van der Waals surface area contributed by atoms with Gasteiger partial charge in [-0.1, -0.05) is 12.1 Å². The topological polar surface area (TPSA) is 87.8 Å². The van der Waals surface area contributed by atoms with Gasteiger partial charge in [0.25, 0.3) is 0 Å². The number of hydrogen-bond donors (Lipinski definition) is 1. The molecule has 0 saturated carbocycles. The average molecular weight is 340 g/mol.